The lowest BCUT2D eigenvalue weighted by Gasteiger charge is -2.24. The second-order valence-electron chi connectivity index (χ2n) is 8.40. The van der Waals surface area contributed by atoms with Gasteiger partial charge in [0.25, 0.3) is 0 Å². The number of aliphatic hydroxyl groups excluding tert-OH is 1. The summed E-state index contributed by atoms with van der Waals surface area (Å²) in [6.07, 6.45) is 2.69. The van der Waals surface area contributed by atoms with E-state index >= 15 is 0 Å². The quantitative estimate of drug-likeness (QED) is 0.311. The number of aliphatic hydroxyl groups is 1. The maximum Gasteiger partial charge on any atom is 0.239 e. The van der Waals surface area contributed by atoms with E-state index in [2.05, 4.69) is 30.1 Å². The molecule has 3 atom stereocenters. The zero-order valence-electron chi connectivity index (χ0n) is 21.7. The van der Waals surface area contributed by atoms with Crippen LogP contribution in [0.4, 0.5) is 5.95 Å². The summed E-state index contributed by atoms with van der Waals surface area (Å²) < 4.78 is 16.8. The van der Waals surface area contributed by atoms with Crippen molar-refractivity contribution in [3.8, 4) is 28.6 Å². The summed E-state index contributed by atoms with van der Waals surface area (Å²) >= 11 is 0. The molecule has 3 heterocycles. The van der Waals surface area contributed by atoms with Gasteiger partial charge in [0.2, 0.25) is 5.95 Å². The lowest BCUT2D eigenvalue weighted by atomic mass is 10.2. The van der Waals surface area contributed by atoms with Crippen LogP contribution in [0.2, 0.25) is 0 Å². The van der Waals surface area contributed by atoms with E-state index in [1.807, 2.05) is 68.0 Å². The molecule has 1 aromatic carbocycles. The third-order valence-electron chi connectivity index (χ3n) is 5.85. The SMILES string of the molecule is C/C=S(\Nc1nnc(-c2cncc(C)c2)n1-c1c(OC)cccc1OC)[C@H](C)C(O)c1ccc(C)nn1. The van der Waals surface area contributed by atoms with Crippen LogP contribution in [0.1, 0.15) is 36.9 Å². The molecule has 0 aliphatic carbocycles. The fraction of sp³-hybridized carbons (Fsp3) is 0.308. The molecule has 3 aromatic heterocycles. The molecule has 0 bridgehead atoms. The molecular weight excluding hydrogens is 490 g/mol. The van der Waals surface area contributed by atoms with Crippen LogP contribution in [-0.4, -0.2) is 59.9 Å². The average Bonchev–Trinajstić information content (AvgIpc) is 3.33. The van der Waals surface area contributed by atoms with Crippen molar-refractivity contribution in [2.75, 3.05) is 18.9 Å². The van der Waals surface area contributed by atoms with Crippen molar-refractivity contribution in [2.45, 2.75) is 39.0 Å². The standard InChI is InChI=1S/C26H31N7O3S/c1-7-37(18(4)24(34)20-12-11-17(3)28-29-20)32-26-31-30-25(19-13-16(2)14-27-15-19)33(26)23-21(35-5)9-8-10-22(23)36-6/h7-15,18,24,34H,1-6H3,(H,31,32)/t18-,24?,37?/m1/s1. The van der Waals surface area contributed by atoms with Crippen LogP contribution in [0.3, 0.4) is 0 Å². The molecule has 0 spiro atoms. The van der Waals surface area contributed by atoms with Crippen molar-refractivity contribution < 1.29 is 14.6 Å². The van der Waals surface area contributed by atoms with Crippen molar-refractivity contribution >= 4 is 22.0 Å². The van der Waals surface area contributed by atoms with Crippen molar-refractivity contribution in [1.82, 2.24) is 29.9 Å². The van der Waals surface area contributed by atoms with Crippen LogP contribution >= 0.6 is 10.7 Å². The molecule has 194 valence electrons. The monoisotopic (exact) mass is 521 g/mol. The second-order valence-corrected chi connectivity index (χ2v) is 10.6. The summed E-state index contributed by atoms with van der Waals surface area (Å²) in [5.74, 6) is 2.22. The van der Waals surface area contributed by atoms with E-state index in [9.17, 15) is 5.11 Å². The van der Waals surface area contributed by atoms with Gasteiger partial charge < -0.3 is 19.3 Å². The van der Waals surface area contributed by atoms with Crippen LogP contribution in [0.15, 0.2) is 48.8 Å². The molecule has 4 rings (SSSR count). The zero-order chi connectivity index (χ0) is 26.5. The van der Waals surface area contributed by atoms with Gasteiger partial charge in [-0.15, -0.1) is 10.2 Å². The Balaban J connectivity index is 1.82. The topological polar surface area (TPSA) is 120 Å². The van der Waals surface area contributed by atoms with Crippen molar-refractivity contribution in [2.24, 2.45) is 0 Å². The molecule has 0 aliphatic rings. The Morgan fingerprint density at radius 2 is 1.73 bits per heavy atom. The summed E-state index contributed by atoms with van der Waals surface area (Å²) in [5, 5.41) is 30.1. The number of anilines is 1. The van der Waals surface area contributed by atoms with Gasteiger partial charge in [0.15, 0.2) is 5.82 Å². The zero-order valence-corrected chi connectivity index (χ0v) is 22.5. The van der Waals surface area contributed by atoms with E-state index in [0.29, 0.717) is 34.7 Å². The number of hydrogen-bond donors (Lipinski definition) is 2. The highest BCUT2D eigenvalue weighted by atomic mass is 32.2. The number of nitrogens with one attached hydrogen (secondary N) is 1. The Morgan fingerprint density at radius 1 is 1.00 bits per heavy atom. The predicted molar refractivity (Wildman–Crippen MR) is 147 cm³/mol. The number of nitrogens with zero attached hydrogens (tertiary/aromatic N) is 6. The van der Waals surface area contributed by atoms with E-state index in [-0.39, 0.29) is 5.25 Å². The van der Waals surface area contributed by atoms with Crippen molar-refractivity contribution in [3.05, 3.63) is 65.7 Å². The lowest BCUT2D eigenvalue weighted by molar-refractivity contribution is 0.173. The summed E-state index contributed by atoms with van der Waals surface area (Å²) in [4.78, 5) is 4.34. The number of pyridine rings is 1. The van der Waals surface area contributed by atoms with Gasteiger partial charge >= 0.3 is 0 Å². The first-order valence-electron chi connectivity index (χ1n) is 11.7. The Kier molecular flexibility index (Phi) is 8.14. The van der Waals surface area contributed by atoms with Gasteiger partial charge in [-0.25, -0.2) is 0 Å². The van der Waals surface area contributed by atoms with E-state index in [0.717, 1.165) is 16.8 Å². The Labute approximate surface area is 218 Å². The van der Waals surface area contributed by atoms with Crippen LogP contribution < -0.4 is 14.2 Å². The van der Waals surface area contributed by atoms with Crippen LogP contribution in [0, 0.1) is 13.8 Å². The molecule has 0 fully saturated rings. The average molecular weight is 522 g/mol. The van der Waals surface area contributed by atoms with Crippen LogP contribution in [0.25, 0.3) is 17.1 Å². The normalized spacial score (nSPS) is 13.7. The van der Waals surface area contributed by atoms with Crippen LogP contribution in [-0.2, 0) is 0 Å². The Morgan fingerprint density at radius 3 is 2.32 bits per heavy atom. The summed E-state index contributed by atoms with van der Waals surface area (Å²) in [6, 6.07) is 11.2. The van der Waals surface area contributed by atoms with Gasteiger partial charge in [0.05, 0.1) is 25.6 Å². The summed E-state index contributed by atoms with van der Waals surface area (Å²) in [6.45, 7) is 7.73. The van der Waals surface area contributed by atoms with E-state index in [1.165, 1.54) is 0 Å². The van der Waals surface area contributed by atoms with Gasteiger partial charge in [-0.1, -0.05) is 16.7 Å². The van der Waals surface area contributed by atoms with Crippen molar-refractivity contribution in [1.29, 1.82) is 0 Å². The van der Waals surface area contributed by atoms with Crippen molar-refractivity contribution in [3.63, 3.8) is 0 Å². The molecule has 0 saturated heterocycles. The fourth-order valence-corrected chi connectivity index (χ4v) is 5.39. The third-order valence-corrected chi connectivity index (χ3v) is 7.84. The van der Waals surface area contributed by atoms with Gasteiger partial charge in [-0.05, 0) is 69.0 Å². The Hall–Kier alpha value is -3.83. The molecule has 2 N–H and O–H groups in total. The Bertz CT molecular complexity index is 1380. The number of aryl methyl sites for hydroxylation is 2. The molecule has 4 aromatic rings. The van der Waals surface area contributed by atoms with E-state index in [1.54, 1.807) is 32.7 Å². The number of aromatic nitrogens is 6. The smallest absolute Gasteiger partial charge is 0.239 e. The molecule has 2 unspecified atom stereocenters. The molecular formula is C26H31N7O3S. The maximum atomic E-state index is 11.1. The highest BCUT2D eigenvalue weighted by molar-refractivity contribution is 8.16. The first kappa shape index (κ1) is 26.2. The minimum Gasteiger partial charge on any atom is -0.494 e. The van der Waals surface area contributed by atoms with Gasteiger partial charge in [0.1, 0.15) is 23.3 Å². The van der Waals surface area contributed by atoms with E-state index < -0.39 is 16.8 Å². The van der Waals surface area contributed by atoms with Gasteiger partial charge in [-0.3, -0.25) is 9.55 Å². The lowest BCUT2D eigenvalue weighted by Crippen LogP contribution is -2.19. The number of hydrogen-bond acceptors (Lipinski definition) is 9. The second kappa shape index (κ2) is 11.5. The number of para-hydroxylation sites is 1. The fourth-order valence-electron chi connectivity index (χ4n) is 3.90. The highest BCUT2D eigenvalue weighted by Gasteiger charge is 2.26. The summed E-state index contributed by atoms with van der Waals surface area (Å²) in [7, 11) is 2.59. The summed E-state index contributed by atoms with van der Waals surface area (Å²) in [5.41, 5.74) is 3.73. The first-order chi connectivity index (χ1) is 17.9. The number of benzene rings is 1. The molecule has 11 heteroatoms. The number of ether oxygens (including phenoxy) is 2. The maximum absolute atomic E-state index is 11.1. The molecule has 0 amide bonds. The van der Waals surface area contributed by atoms with E-state index in [4.69, 9.17) is 9.47 Å². The highest BCUT2D eigenvalue weighted by Crippen LogP contribution is 2.39. The first-order valence-corrected chi connectivity index (χ1v) is 13.1. The molecule has 10 nitrogen and oxygen atoms in total. The molecule has 0 aliphatic heterocycles. The molecule has 37 heavy (non-hydrogen) atoms. The minimum absolute atomic E-state index is 0.240. The van der Waals surface area contributed by atoms with Gasteiger partial charge in [-0.2, -0.15) is 10.2 Å². The number of rotatable bonds is 9. The molecule has 0 saturated carbocycles. The van der Waals surface area contributed by atoms with Crippen LogP contribution in [0.5, 0.6) is 11.5 Å². The minimum atomic E-state index is -0.835. The predicted octanol–water partition coefficient (Wildman–Crippen LogP) is 4.29. The number of methoxy groups -OCH3 is 2. The molecule has 0 radical (unpaired) electrons. The third kappa shape index (κ3) is 5.47. The van der Waals surface area contributed by atoms with Gasteiger partial charge in [0, 0.05) is 23.2 Å². The largest absolute Gasteiger partial charge is 0.494 e.